The third-order valence-corrected chi connectivity index (χ3v) is 0.956. The van der Waals surface area contributed by atoms with Gasteiger partial charge >= 0.3 is 45.4 Å². The Morgan fingerprint density at radius 1 is 1.57 bits per heavy atom. The number of hydrogen-bond donors (Lipinski definition) is 0. The number of allylic oxidation sites excluding steroid dienone is 1. The molecule has 0 nitrogen and oxygen atoms in total. The van der Waals surface area contributed by atoms with E-state index in [1.807, 2.05) is 19.9 Å². The van der Waals surface area contributed by atoms with Gasteiger partial charge in [0, 0.05) is 0 Å². The molecule has 0 aromatic rings. The molecular formula is C6H10B. The second-order valence-corrected chi connectivity index (χ2v) is 2.19. The van der Waals surface area contributed by atoms with Crippen molar-refractivity contribution in [2.75, 3.05) is 0 Å². The van der Waals surface area contributed by atoms with Gasteiger partial charge < -0.3 is 0 Å². The Morgan fingerprint density at radius 3 is 2.00 bits per heavy atom. The van der Waals surface area contributed by atoms with Gasteiger partial charge in [-0.2, -0.15) is 0 Å². The predicted molar refractivity (Wildman–Crippen MR) is 35.8 cm³/mol. The van der Waals surface area contributed by atoms with E-state index in [1.54, 1.807) is 5.97 Å². The second-order valence-electron chi connectivity index (χ2n) is 2.19. The molecule has 0 saturated carbocycles. The molecule has 1 heteroatoms. The minimum absolute atomic E-state index is 0. The van der Waals surface area contributed by atoms with Gasteiger partial charge in [0.1, 0.15) is 0 Å². The van der Waals surface area contributed by atoms with Gasteiger partial charge in [0.15, 0.2) is 0 Å². The van der Waals surface area contributed by atoms with Gasteiger partial charge in [-0.05, 0) is 0 Å². The topological polar surface area (TPSA) is 0 Å². The van der Waals surface area contributed by atoms with Crippen LogP contribution in [0.4, 0.5) is 0 Å². The van der Waals surface area contributed by atoms with Crippen LogP contribution < -0.4 is 0 Å². The zero-order chi connectivity index (χ0) is 5.91. The normalized spacial score (nSPS) is 10.4. The molecule has 0 aromatic heterocycles. The quantitative estimate of drug-likeness (QED) is 0.355. The molecule has 0 N–H and O–H groups in total. The van der Waals surface area contributed by atoms with Crippen LogP contribution in [-0.2, 0) is 0 Å². The summed E-state index contributed by atoms with van der Waals surface area (Å²) in [6, 6.07) is 0. The zero-order valence-electron chi connectivity index (χ0n) is 4.94. The predicted octanol–water partition coefficient (Wildman–Crippen LogP) is 1.17. The van der Waals surface area contributed by atoms with Crippen molar-refractivity contribution in [3.8, 4) is 0 Å². The Balaban J connectivity index is 3.82. The molecule has 0 atom stereocenters. The molecular weight excluding hydrogens is 82.9 g/mol. The molecule has 0 bridgehead atoms. The van der Waals surface area contributed by atoms with E-state index in [9.17, 15) is 0 Å². The molecule has 0 aliphatic carbocycles. The van der Waals surface area contributed by atoms with E-state index in [-0.39, 0.29) is 5.41 Å². The summed E-state index contributed by atoms with van der Waals surface area (Å²) in [6.07, 6.45) is 1.81. The average Bonchev–Trinajstić information content (AvgIpc) is 1.68. The van der Waals surface area contributed by atoms with Crippen LogP contribution >= 0.6 is 0 Å². The fourth-order valence-corrected chi connectivity index (χ4v) is 0.0680. The van der Waals surface area contributed by atoms with Crippen molar-refractivity contribution < 1.29 is 0 Å². The van der Waals surface area contributed by atoms with E-state index in [0.29, 0.717) is 0 Å². The van der Waals surface area contributed by atoms with Crippen molar-refractivity contribution in [1.82, 2.24) is 0 Å². The van der Waals surface area contributed by atoms with Crippen LogP contribution in [0.15, 0.2) is 12.7 Å². The molecule has 0 aliphatic heterocycles. The molecule has 0 amide bonds. The molecule has 0 spiro atoms. The summed E-state index contributed by atoms with van der Waals surface area (Å²) >= 11 is 0. The Hall–Kier alpha value is -0.325. The maximum atomic E-state index is 5.22. The first-order valence-electron chi connectivity index (χ1n) is 2.32. The molecule has 37 valence electrons. The summed E-state index contributed by atoms with van der Waals surface area (Å²) in [5.41, 5.74) is 0. The van der Waals surface area contributed by atoms with Crippen LogP contribution in [-0.4, -0.2) is 13.5 Å². The maximum absolute atomic E-state index is 5.22. The van der Waals surface area contributed by atoms with Crippen molar-refractivity contribution in [2.24, 2.45) is 5.41 Å². The molecule has 1 radical (unpaired) electrons. The summed E-state index contributed by atoms with van der Waals surface area (Å²) in [7, 11) is 5.22. The van der Waals surface area contributed by atoms with Crippen LogP contribution in [0.2, 0.25) is 0 Å². The molecule has 0 rings (SSSR count). The van der Waals surface area contributed by atoms with Gasteiger partial charge in [-0.3, -0.25) is 0 Å². The van der Waals surface area contributed by atoms with Crippen molar-refractivity contribution in [3.05, 3.63) is 12.7 Å². The molecule has 0 fully saturated rings. The zero-order valence-corrected chi connectivity index (χ0v) is 4.94. The molecule has 0 aliphatic rings. The second kappa shape index (κ2) is 2.11. The summed E-state index contributed by atoms with van der Waals surface area (Å²) in [5, 5.41) is 0. The first-order chi connectivity index (χ1) is 3.12. The Kier molecular flexibility index (Phi) is 2.01. The summed E-state index contributed by atoms with van der Waals surface area (Å²) in [4.78, 5) is 0. The van der Waals surface area contributed by atoms with E-state index in [0.717, 1.165) is 0 Å². The number of rotatable bonds is 2. The van der Waals surface area contributed by atoms with Crippen molar-refractivity contribution >= 4 is 13.5 Å². The van der Waals surface area contributed by atoms with Crippen LogP contribution in [0.5, 0.6) is 0 Å². The van der Waals surface area contributed by atoms with Gasteiger partial charge in [-0.15, -0.1) is 0 Å². The number of hydrogen-bond acceptors (Lipinski definition) is 0. The third-order valence-electron chi connectivity index (χ3n) is 0.956. The summed E-state index contributed by atoms with van der Waals surface area (Å²) in [5.74, 6) is 1.62. The first kappa shape index (κ1) is 6.67. The van der Waals surface area contributed by atoms with E-state index in [1.165, 1.54) is 0 Å². The fraction of sp³-hybridized carbons (Fsp3) is 0.500. The summed E-state index contributed by atoms with van der Waals surface area (Å²) < 4.78 is 0. The first-order valence-corrected chi connectivity index (χ1v) is 2.32. The van der Waals surface area contributed by atoms with E-state index >= 15 is 0 Å². The van der Waals surface area contributed by atoms with Crippen molar-refractivity contribution in [2.45, 2.75) is 13.8 Å². The van der Waals surface area contributed by atoms with Crippen LogP contribution in [0.3, 0.4) is 0 Å². The fourth-order valence-electron chi connectivity index (χ4n) is 0.0680. The van der Waals surface area contributed by atoms with Gasteiger partial charge in [0.05, 0.1) is 0 Å². The molecule has 0 saturated heterocycles. The monoisotopic (exact) mass is 93.1 g/mol. The Bertz CT molecular complexity index is 72.2. The summed E-state index contributed by atoms with van der Waals surface area (Å²) in [6.45, 7) is 7.59. The van der Waals surface area contributed by atoms with E-state index in [2.05, 4.69) is 6.58 Å². The van der Waals surface area contributed by atoms with Crippen molar-refractivity contribution in [3.63, 3.8) is 0 Å². The van der Waals surface area contributed by atoms with Crippen LogP contribution in [0.1, 0.15) is 13.8 Å². The average molecular weight is 93.0 g/mol. The molecule has 0 heterocycles. The molecule has 0 aromatic carbocycles. The standard InChI is InChI=1S/C6H10B/c1-4-6(2,3)5-7/h4-5H,1H2,2-3H3. The molecule has 7 heavy (non-hydrogen) atoms. The van der Waals surface area contributed by atoms with Crippen molar-refractivity contribution in [1.29, 1.82) is 0 Å². The van der Waals surface area contributed by atoms with Gasteiger partial charge in [-0.25, -0.2) is 0 Å². The van der Waals surface area contributed by atoms with Gasteiger partial charge in [-0.1, -0.05) is 0 Å². The third kappa shape index (κ3) is 2.38. The van der Waals surface area contributed by atoms with Crippen LogP contribution in [0, 0.1) is 5.41 Å². The van der Waals surface area contributed by atoms with Gasteiger partial charge in [0.25, 0.3) is 0 Å². The Morgan fingerprint density at radius 2 is 2.00 bits per heavy atom. The van der Waals surface area contributed by atoms with Crippen LogP contribution in [0.25, 0.3) is 0 Å². The molecule has 0 unspecified atom stereocenters. The van der Waals surface area contributed by atoms with E-state index in [4.69, 9.17) is 7.49 Å². The minimum atomic E-state index is 0. The SMILES string of the molecule is [B]=CC(C)(C)C=C. The van der Waals surface area contributed by atoms with Gasteiger partial charge in [0.2, 0.25) is 0 Å². The Labute approximate surface area is 46.3 Å². The van der Waals surface area contributed by atoms with E-state index < -0.39 is 0 Å².